The van der Waals surface area contributed by atoms with Crippen molar-refractivity contribution in [1.29, 1.82) is 0 Å². The summed E-state index contributed by atoms with van der Waals surface area (Å²) in [6, 6.07) is 0. The first-order chi connectivity index (χ1) is 3.46. The van der Waals surface area contributed by atoms with Crippen LogP contribution in [0.4, 0.5) is 0 Å². The Kier molecular flexibility index (Phi) is 21.7. The maximum Gasteiger partial charge on any atom is 4.00 e. The summed E-state index contributed by atoms with van der Waals surface area (Å²) in [5, 5.41) is 0. The predicted octanol–water partition coefficient (Wildman–Crippen LogP) is 0.811. The van der Waals surface area contributed by atoms with Gasteiger partial charge in [0.15, 0.2) is 0 Å². The molecule has 0 saturated carbocycles. The zero-order valence-corrected chi connectivity index (χ0v) is 8.85. The summed E-state index contributed by atoms with van der Waals surface area (Å²) in [5.74, 6) is 0. The molecule has 0 bridgehead atoms. The van der Waals surface area contributed by atoms with Crippen LogP contribution in [-0.2, 0) is 50.5 Å². The molecule has 0 saturated heterocycles. The summed E-state index contributed by atoms with van der Waals surface area (Å²) in [4.78, 5) is 0. The third-order valence-corrected chi connectivity index (χ3v) is 0. The predicted molar refractivity (Wildman–Crippen MR) is 57.9 cm³/mol. The molecule has 0 atom stereocenters. The van der Waals surface area contributed by atoms with Gasteiger partial charge in [-0.1, -0.05) is 0 Å². The minimum absolute atomic E-state index is 0. The molecule has 0 aromatic rings. The van der Waals surface area contributed by atoms with Crippen molar-refractivity contribution in [1.82, 2.24) is 0 Å². The molecular formula is C3S6. The van der Waals surface area contributed by atoms with Gasteiger partial charge in [-0.3, -0.25) is 7.06 Å². The Hall–Kier alpha value is 1.06. The Morgan fingerprint density at radius 2 is 0.778 bits per heavy atom. The molecule has 0 aromatic carbocycles. The van der Waals surface area contributed by atoms with Crippen molar-refractivity contribution in [2.45, 2.75) is 0 Å². The number of rotatable bonds is 0. The molecule has 6 heteroatoms. The summed E-state index contributed by atoms with van der Waals surface area (Å²) in [5.41, 5.74) is 0. The van der Waals surface area contributed by atoms with E-state index in [-0.39, 0.29) is 14.5 Å². The molecule has 0 spiro atoms. The smallest absolute Gasteiger partial charge is 0.570 e. The Bertz CT molecular complexity index is 66.3. The average Bonchev–Trinajstić information content (AvgIpc) is 1.25. The van der Waals surface area contributed by atoms with E-state index in [1.165, 1.54) is 0 Å². The zero-order valence-electron chi connectivity index (χ0n) is 3.95. The Labute approximate surface area is 88.8 Å². The van der Waals surface area contributed by atoms with Crippen LogP contribution in [0.2, 0.25) is 0 Å². The Morgan fingerprint density at radius 3 is 0.778 bits per heavy atom. The summed E-state index contributed by atoms with van der Waals surface area (Å²) in [7, 11) is 0. The van der Waals surface area contributed by atoms with Crippen LogP contribution in [0.1, 0.15) is 0 Å². The third-order valence-electron chi connectivity index (χ3n) is 0. The van der Waals surface area contributed by atoms with Crippen molar-refractivity contribution < 1.29 is 0 Å². The molecule has 0 fully saturated rings. The van der Waals surface area contributed by atoms with Crippen molar-refractivity contribution in [3.8, 4) is 0 Å². The molecule has 0 radical (unpaired) electrons. The van der Waals surface area contributed by atoms with Gasteiger partial charge in [-0.25, -0.2) is 0 Å². The summed E-state index contributed by atoms with van der Waals surface area (Å²) in [6.45, 7) is 0. The van der Waals surface area contributed by atoms with Gasteiger partial charge < -0.3 is 75.0 Å². The van der Waals surface area contributed by atoms with Gasteiger partial charge in [-0.2, -0.15) is 0 Å². The fourth-order valence-corrected chi connectivity index (χ4v) is 0. The van der Waals surface area contributed by atoms with E-state index in [4.69, 9.17) is 0 Å². The number of thiocarbonyl (C=S) groups is 2. The second-order valence-corrected chi connectivity index (χ2v) is 4.50. The first kappa shape index (κ1) is 16.6. The van der Waals surface area contributed by atoms with E-state index in [1.54, 1.807) is 0 Å². The molecule has 0 unspecified atom stereocenters. The summed E-state index contributed by atoms with van der Waals surface area (Å²) in [6.07, 6.45) is 0. The van der Waals surface area contributed by atoms with Gasteiger partial charge >= 0.3 is 7.43 Å². The number of hydrogen-bond donors (Lipinski definition) is 0. The molecule has 0 aliphatic heterocycles. The molecule has 0 nitrogen and oxygen atoms in total. The normalized spacial score (nSPS) is 5.33. The molecule has 9 heavy (non-hydrogen) atoms. The second kappa shape index (κ2) is 11.8. The summed E-state index contributed by atoms with van der Waals surface area (Å²) >= 11 is 25.0. The molecule has 48 valence electrons. The SMILES string of the molecule is S=C([S-])[S-].S=C([S-])[S-].[C+4]. The monoisotopic (exact) mass is 228 g/mol. The minimum Gasteiger partial charge on any atom is -0.570 e. The zero-order chi connectivity index (χ0) is 7.15. The van der Waals surface area contributed by atoms with Crippen molar-refractivity contribution in [3.63, 3.8) is 0 Å². The molecule has 0 aliphatic rings. The molecule has 0 heterocycles. The molecule has 0 rings (SSSR count). The van der Waals surface area contributed by atoms with Crippen LogP contribution in [0.25, 0.3) is 0 Å². The van der Waals surface area contributed by atoms with Gasteiger partial charge in [-0.15, -0.1) is 0 Å². The van der Waals surface area contributed by atoms with E-state index >= 15 is 0 Å². The molecular weight excluding hydrogens is 228 g/mol. The van der Waals surface area contributed by atoms with Crippen molar-refractivity contribution in [2.24, 2.45) is 0 Å². The van der Waals surface area contributed by atoms with E-state index in [9.17, 15) is 0 Å². The summed E-state index contributed by atoms with van der Waals surface area (Å²) < 4.78 is 0.333. The van der Waals surface area contributed by atoms with Gasteiger partial charge in [0.25, 0.3) is 0 Å². The van der Waals surface area contributed by atoms with Gasteiger partial charge in [0.05, 0.1) is 0 Å². The first-order valence-corrected chi connectivity index (χ1v) is 3.67. The average molecular weight is 228 g/mol. The van der Waals surface area contributed by atoms with Crippen LogP contribution in [0.5, 0.6) is 0 Å². The van der Waals surface area contributed by atoms with Crippen molar-refractivity contribution >= 4 is 82.0 Å². The van der Waals surface area contributed by atoms with Crippen LogP contribution in [0.3, 0.4) is 0 Å². The second-order valence-electron chi connectivity index (χ2n) is 0.500. The quantitative estimate of drug-likeness (QED) is 0.441. The van der Waals surface area contributed by atoms with Gasteiger partial charge in [0.1, 0.15) is 0 Å². The van der Waals surface area contributed by atoms with Crippen LogP contribution >= 0.6 is 24.4 Å². The topological polar surface area (TPSA) is 0 Å². The van der Waals surface area contributed by atoms with E-state index in [0.717, 1.165) is 0 Å². The maximum atomic E-state index is 4.17. The van der Waals surface area contributed by atoms with Gasteiger partial charge in [-0.05, 0) is 0 Å². The molecule has 0 N–H and O–H groups in total. The molecule has 0 amide bonds. The van der Waals surface area contributed by atoms with Crippen LogP contribution in [0, 0.1) is 7.43 Å². The van der Waals surface area contributed by atoms with E-state index in [0.29, 0.717) is 0 Å². The third kappa shape index (κ3) is 402. The Morgan fingerprint density at radius 1 is 0.778 bits per heavy atom. The van der Waals surface area contributed by atoms with Gasteiger partial charge in [0, 0.05) is 0 Å². The first-order valence-electron chi connectivity index (χ1n) is 1.22. The van der Waals surface area contributed by atoms with E-state index in [2.05, 4.69) is 75.0 Å². The molecule has 0 aromatic heterocycles. The van der Waals surface area contributed by atoms with Crippen LogP contribution < -0.4 is 0 Å². The fourth-order valence-electron chi connectivity index (χ4n) is 0. The maximum absolute atomic E-state index is 4.17. The largest absolute Gasteiger partial charge is 4.00 e. The van der Waals surface area contributed by atoms with Crippen molar-refractivity contribution in [3.05, 3.63) is 7.43 Å². The standard InChI is InChI=1S/2CH2S3.C/c2*2-1(3)4;/h2*(H2,2,3,4);/q;;+4/p-4. The fraction of sp³-hybridized carbons (Fsp3) is 0. The Balaban J connectivity index is -0.0000000720. The number of hydrogen-bond acceptors (Lipinski definition) is 6. The van der Waals surface area contributed by atoms with Gasteiger partial charge in [0.2, 0.25) is 0 Å². The van der Waals surface area contributed by atoms with Crippen LogP contribution in [-0.4, -0.2) is 7.06 Å². The van der Waals surface area contributed by atoms with E-state index in [1.807, 2.05) is 0 Å². The van der Waals surface area contributed by atoms with E-state index < -0.39 is 0 Å². The minimum atomic E-state index is 0. The van der Waals surface area contributed by atoms with Crippen molar-refractivity contribution in [2.75, 3.05) is 0 Å². The molecule has 0 aliphatic carbocycles. The van der Waals surface area contributed by atoms with Crippen LogP contribution in [0.15, 0.2) is 0 Å².